The zero-order valence-corrected chi connectivity index (χ0v) is 24.4. The van der Waals surface area contributed by atoms with Gasteiger partial charge in [-0.2, -0.15) is 0 Å². The van der Waals surface area contributed by atoms with Gasteiger partial charge in [-0.15, -0.1) is 0 Å². The van der Waals surface area contributed by atoms with Gasteiger partial charge in [-0.1, -0.05) is 40.9 Å². The highest BCUT2D eigenvalue weighted by atomic mass is 35.5. The number of anilines is 1. The molecular weight excluding hydrogens is 593 g/mol. The fourth-order valence-corrected chi connectivity index (χ4v) is 4.90. The van der Waals surface area contributed by atoms with Crippen LogP contribution in [0, 0.1) is 12.8 Å². The van der Waals surface area contributed by atoms with E-state index in [1.807, 2.05) is 31.2 Å². The van der Waals surface area contributed by atoms with Crippen LogP contribution in [0.5, 0.6) is 17.2 Å². The van der Waals surface area contributed by atoms with E-state index in [-0.39, 0.29) is 40.8 Å². The van der Waals surface area contributed by atoms with Gasteiger partial charge in [-0.05, 0) is 85.8 Å². The van der Waals surface area contributed by atoms with Gasteiger partial charge in [0.15, 0.2) is 12.4 Å². The number of hydrogen-bond donors (Lipinski definition) is 0. The van der Waals surface area contributed by atoms with E-state index < -0.39 is 30.2 Å². The maximum atomic E-state index is 12.7. The molecule has 8 nitrogen and oxygen atoms in total. The topological polar surface area (TPSA) is 99.2 Å². The summed E-state index contributed by atoms with van der Waals surface area (Å²) in [5.41, 5.74) is 2.16. The van der Waals surface area contributed by atoms with Crippen LogP contribution in [0.25, 0.3) is 0 Å². The van der Waals surface area contributed by atoms with Crippen LogP contribution in [-0.4, -0.2) is 36.8 Å². The number of benzene rings is 4. The fraction of sp³-hybridized carbons (Fsp3) is 0.152. The smallest absolute Gasteiger partial charge is 0.345 e. The number of amides is 1. The molecule has 1 aliphatic rings. The Kier molecular flexibility index (Phi) is 9.09. The SMILES string of the molecule is Cc1ccc(Oc2ccc(N3C[C@H](C(=O)OCC(=O)c4ccc(OC(=O)c5ccc(Cl)cc5Cl)cc4)CC3=O)cc2)cc1. The number of carbonyl (C=O) groups excluding carboxylic acids is 4. The van der Waals surface area contributed by atoms with E-state index in [0.29, 0.717) is 22.2 Å². The van der Waals surface area contributed by atoms with Crippen molar-refractivity contribution in [3.63, 3.8) is 0 Å². The predicted molar refractivity (Wildman–Crippen MR) is 161 cm³/mol. The molecular formula is C33H25Cl2NO7. The van der Waals surface area contributed by atoms with Crippen molar-refractivity contribution in [1.82, 2.24) is 0 Å². The van der Waals surface area contributed by atoms with Gasteiger partial charge in [0.2, 0.25) is 5.91 Å². The molecule has 0 radical (unpaired) electrons. The summed E-state index contributed by atoms with van der Waals surface area (Å²) < 4.78 is 16.4. The van der Waals surface area contributed by atoms with E-state index in [1.165, 1.54) is 47.4 Å². The van der Waals surface area contributed by atoms with Crippen molar-refractivity contribution < 1.29 is 33.4 Å². The van der Waals surface area contributed by atoms with Crippen molar-refractivity contribution in [3.8, 4) is 17.2 Å². The summed E-state index contributed by atoms with van der Waals surface area (Å²) >= 11 is 11.9. The Morgan fingerprint density at radius 1 is 0.837 bits per heavy atom. The number of Topliss-reactive ketones (excluding diaryl/α,β-unsaturated/α-hetero) is 1. The Morgan fingerprint density at radius 2 is 1.47 bits per heavy atom. The quantitative estimate of drug-likeness (QED) is 0.112. The molecule has 1 aliphatic heterocycles. The van der Waals surface area contributed by atoms with Crippen LogP contribution in [0.3, 0.4) is 0 Å². The lowest BCUT2D eigenvalue weighted by Crippen LogP contribution is -2.27. The van der Waals surface area contributed by atoms with Gasteiger partial charge in [-0.25, -0.2) is 4.79 Å². The first-order chi connectivity index (χ1) is 20.7. The van der Waals surface area contributed by atoms with Crippen molar-refractivity contribution in [2.45, 2.75) is 13.3 Å². The number of rotatable bonds is 9. The number of aryl methyl sites for hydroxylation is 1. The molecule has 0 bridgehead atoms. The number of ketones is 1. The number of halogens is 2. The molecule has 1 amide bonds. The molecule has 1 heterocycles. The first-order valence-electron chi connectivity index (χ1n) is 13.3. The molecule has 0 unspecified atom stereocenters. The van der Waals surface area contributed by atoms with Crippen LogP contribution in [-0.2, 0) is 14.3 Å². The van der Waals surface area contributed by atoms with Crippen LogP contribution in [0.15, 0.2) is 91.0 Å². The Morgan fingerprint density at radius 3 is 2.12 bits per heavy atom. The van der Waals surface area contributed by atoms with Gasteiger partial charge in [0.1, 0.15) is 17.2 Å². The zero-order chi connectivity index (χ0) is 30.5. The molecule has 0 saturated carbocycles. The Balaban J connectivity index is 1.11. The third-order valence-corrected chi connectivity index (χ3v) is 7.29. The number of nitrogens with zero attached hydrogens (tertiary/aromatic N) is 1. The zero-order valence-electron chi connectivity index (χ0n) is 22.9. The van der Waals surface area contributed by atoms with E-state index in [4.69, 9.17) is 37.4 Å². The Labute approximate surface area is 257 Å². The highest BCUT2D eigenvalue weighted by molar-refractivity contribution is 6.36. The number of ether oxygens (including phenoxy) is 3. The molecule has 43 heavy (non-hydrogen) atoms. The average Bonchev–Trinajstić information content (AvgIpc) is 3.39. The number of esters is 2. The second-order valence-electron chi connectivity index (χ2n) is 9.88. The van der Waals surface area contributed by atoms with Crippen molar-refractivity contribution in [1.29, 1.82) is 0 Å². The maximum Gasteiger partial charge on any atom is 0.345 e. The molecule has 0 aromatic heterocycles. The third-order valence-electron chi connectivity index (χ3n) is 6.75. The van der Waals surface area contributed by atoms with E-state index in [0.717, 1.165) is 5.56 Å². The van der Waals surface area contributed by atoms with Gasteiger partial charge in [0.05, 0.1) is 16.5 Å². The molecule has 4 aromatic carbocycles. The summed E-state index contributed by atoms with van der Waals surface area (Å²) in [4.78, 5) is 51.9. The summed E-state index contributed by atoms with van der Waals surface area (Å²) in [6.07, 6.45) is -0.0215. The molecule has 1 atom stereocenters. The van der Waals surface area contributed by atoms with Crippen molar-refractivity contribution in [2.75, 3.05) is 18.1 Å². The first kappa shape index (κ1) is 29.8. The molecule has 0 aliphatic carbocycles. The molecule has 10 heteroatoms. The lowest BCUT2D eigenvalue weighted by Gasteiger charge is -2.17. The lowest BCUT2D eigenvalue weighted by molar-refractivity contribution is -0.147. The normalized spacial score (nSPS) is 14.3. The molecule has 4 aromatic rings. The van der Waals surface area contributed by atoms with Gasteiger partial charge in [0, 0.05) is 29.2 Å². The van der Waals surface area contributed by atoms with Crippen LogP contribution in [0.2, 0.25) is 10.0 Å². The van der Waals surface area contributed by atoms with E-state index >= 15 is 0 Å². The molecule has 0 spiro atoms. The minimum Gasteiger partial charge on any atom is -0.457 e. The largest absolute Gasteiger partial charge is 0.457 e. The number of hydrogen-bond acceptors (Lipinski definition) is 7. The monoisotopic (exact) mass is 617 g/mol. The van der Waals surface area contributed by atoms with Crippen molar-refractivity contribution in [2.24, 2.45) is 5.92 Å². The van der Waals surface area contributed by atoms with Crippen LogP contribution >= 0.6 is 23.2 Å². The highest BCUT2D eigenvalue weighted by Gasteiger charge is 2.36. The van der Waals surface area contributed by atoms with Crippen LogP contribution in [0.4, 0.5) is 5.69 Å². The van der Waals surface area contributed by atoms with Crippen LogP contribution in [0.1, 0.15) is 32.7 Å². The summed E-state index contributed by atoms with van der Waals surface area (Å²) in [5, 5.41) is 0.539. The fourth-order valence-electron chi connectivity index (χ4n) is 4.42. The van der Waals surface area contributed by atoms with Gasteiger partial charge < -0.3 is 19.1 Å². The van der Waals surface area contributed by atoms with Crippen molar-refractivity contribution >= 4 is 52.5 Å². The summed E-state index contributed by atoms with van der Waals surface area (Å²) in [7, 11) is 0. The molecule has 1 saturated heterocycles. The van der Waals surface area contributed by atoms with E-state index in [9.17, 15) is 19.2 Å². The van der Waals surface area contributed by atoms with Crippen molar-refractivity contribution in [3.05, 3.63) is 118 Å². The Bertz CT molecular complexity index is 1670. The van der Waals surface area contributed by atoms with E-state index in [1.54, 1.807) is 24.3 Å². The lowest BCUT2D eigenvalue weighted by atomic mass is 10.1. The molecule has 0 N–H and O–H groups in total. The second-order valence-corrected chi connectivity index (χ2v) is 10.7. The van der Waals surface area contributed by atoms with Gasteiger partial charge in [-0.3, -0.25) is 14.4 Å². The molecule has 218 valence electrons. The van der Waals surface area contributed by atoms with E-state index in [2.05, 4.69) is 0 Å². The van der Waals surface area contributed by atoms with Gasteiger partial charge >= 0.3 is 11.9 Å². The molecule has 5 rings (SSSR count). The minimum absolute atomic E-state index is 0.0215. The maximum absolute atomic E-state index is 12.7. The predicted octanol–water partition coefficient (Wildman–Crippen LogP) is 7.09. The molecule has 1 fully saturated rings. The standard InChI is InChI=1S/C33H25Cl2NO7/c1-20-2-9-25(10-3-20)42-26-13-7-24(8-14-26)36-18-22(16-31(36)38)32(39)41-19-30(37)21-4-11-27(12-5-21)43-33(40)28-15-6-23(34)17-29(28)35/h2-15,17,22H,16,18-19H2,1H3/t22-/m1/s1. The summed E-state index contributed by atoms with van der Waals surface area (Å²) in [6.45, 7) is 1.64. The first-order valence-corrected chi connectivity index (χ1v) is 14.0. The highest BCUT2D eigenvalue weighted by Crippen LogP contribution is 2.29. The van der Waals surface area contributed by atoms with Crippen LogP contribution < -0.4 is 14.4 Å². The third kappa shape index (κ3) is 7.41. The Hall–Kier alpha value is -4.66. The second kappa shape index (κ2) is 13.1. The average molecular weight is 618 g/mol. The number of carbonyl (C=O) groups is 4. The summed E-state index contributed by atoms with van der Waals surface area (Å²) in [6, 6.07) is 24.9. The van der Waals surface area contributed by atoms with Gasteiger partial charge in [0.25, 0.3) is 0 Å². The summed E-state index contributed by atoms with van der Waals surface area (Å²) in [5.74, 6) is -1.16. The minimum atomic E-state index is -0.703.